The van der Waals surface area contributed by atoms with Gasteiger partial charge in [-0.25, -0.2) is 8.42 Å². The maximum absolute atomic E-state index is 11.9. The zero-order valence-electron chi connectivity index (χ0n) is 9.69. The van der Waals surface area contributed by atoms with Crippen molar-refractivity contribution in [3.8, 4) is 0 Å². The second-order valence-electron chi connectivity index (χ2n) is 4.06. The topological polar surface area (TPSA) is 66.8 Å². The number of hydrogen-bond acceptors (Lipinski definition) is 4. The van der Waals surface area contributed by atoms with Gasteiger partial charge in [0.1, 0.15) is 0 Å². The summed E-state index contributed by atoms with van der Waals surface area (Å²) >= 11 is 0. The van der Waals surface area contributed by atoms with E-state index in [1.807, 2.05) is 0 Å². The zero-order valence-corrected chi connectivity index (χ0v) is 10.5. The van der Waals surface area contributed by atoms with E-state index >= 15 is 0 Å². The number of sulfonamides is 1. The van der Waals surface area contributed by atoms with E-state index in [-0.39, 0.29) is 19.8 Å². The summed E-state index contributed by atoms with van der Waals surface area (Å²) in [5.41, 5.74) is 0. The summed E-state index contributed by atoms with van der Waals surface area (Å²) in [5.74, 6) is -0.566. The molecule has 1 atom stereocenters. The SMILES string of the molecule is O=S(=O)(CCCC(F)(F)F)N1CCOCC1CO. The summed E-state index contributed by atoms with van der Waals surface area (Å²) < 4.78 is 65.6. The van der Waals surface area contributed by atoms with Crippen LogP contribution in [0.3, 0.4) is 0 Å². The van der Waals surface area contributed by atoms with E-state index in [1.165, 1.54) is 0 Å². The fourth-order valence-electron chi connectivity index (χ4n) is 1.72. The van der Waals surface area contributed by atoms with Crippen molar-refractivity contribution in [2.75, 3.05) is 32.1 Å². The van der Waals surface area contributed by atoms with Crippen LogP contribution in [0.15, 0.2) is 0 Å². The quantitative estimate of drug-likeness (QED) is 0.794. The lowest BCUT2D eigenvalue weighted by atomic mass is 10.3. The standard InChI is InChI=1S/C9H16F3NO4S/c10-9(11,12)2-1-5-18(15,16)13-3-4-17-7-8(13)6-14/h8,14H,1-7H2. The second-order valence-corrected chi connectivity index (χ2v) is 6.10. The second kappa shape index (κ2) is 6.18. The predicted molar refractivity (Wildman–Crippen MR) is 57.5 cm³/mol. The molecule has 1 aliphatic rings. The molecule has 0 amide bonds. The lowest BCUT2D eigenvalue weighted by Gasteiger charge is -2.33. The Morgan fingerprint density at radius 1 is 1.39 bits per heavy atom. The smallest absolute Gasteiger partial charge is 0.389 e. The van der Waals surface area contributed by atoms with Gasteiger partial charge in [-0.2, -0.15) is 17.5 Å². The van der Waals surface area contributed by atoms with Gasteiger partial charge in [-0.15, -0.1) is 0 Å². The van der Waals surface area contributed by atoms with Gasteiger partial charge in [-0.1, -0.05) is 0 Å². The molecule has 1 fully saturated rings. The summed E-state index contributed by atoms with van der Waals surface area (Å²) in [6, 6.07) is -0.699. The molecule has 18 heavy (non-hydrogen) atoms. The van der Waals surface area contributed by atoms with Gasteiger partial charge in [-0.05, 0) is 6.42 Å². The molecule has 0 aromatic heterocycles. The Balaban J connectivity index is 2.56. The van der Waals surface area contributed by atoms with E-state index in [9.17, 15) is 21.6 Å². The number of ether oxygens (including phenoxy) is 1. The highest BCUT2D eigenvalue weighted by molar-refractivity contribution is 7.89. The zero-order chi connectivity index (χ0) is 13.8. The monoisotopic (exact) mass is 291 g/mol. The van der Waals surface area contributed by atoms with Gasteiger partial charge >= 0.3 is 6.18 Å². The number of morpholine rings is 1. The number of aliphatic hydroxyl groups is 1. The highest BCUT2D eigenvalue weighted by Crippen LogP contribution is 2.22. The van der Waals surface area contributed by atoms with Crippen LogP contribution >= 0.6 is 0 Å². The first kappa shape index (κ1) is 15.7. The van der Waals surface area contributed by atoms with Crippen LogP contribution < -0.4 is 0 Å². The Hall–Kier alpha value is -0.380. The molecule has 0 saturated carbocycles. The van der Waals surface area contributed by atoms with Crippen molar-refractivity contribution in [2.24, 2.45) is 0 Å². The van der Waals surface area contributed by atoms with E-state index in [1.54, 1.807) is 0 Å². The Labute approximate surface area is 104 Å². The van der Waals surface area contributed by atoms with Crippen LogP contribution in [0.5, 0.6) is 0 Å². The summed E-state index contributed by atoms with van der Waals surface area (Å²) in [4.78, 5) is 0. The number of hydrogen-bond donors (Lipinski definition) is 1. The van der Waals surface area contributed by atoms with E-state index < -0.39 is 47.4 Å². The molecule has 108 valence electrons. The van der Waals surface area contributed by atoms with Crippen molar-refractivity contribution in [1.82, 2.24) is 4.31 Å². The van der Waals surface area contributed by atoms with Crippen LogP contribution in [0.4, 0.5) is 13.2 Å². The van der Waals surface area contributed by atoms with Crippen molar-refractivity contribution in [1.29, 1.82) is 0 Å². The fourth-order valence-corrected chi connectivity index (χ4v) is 3.40. The molecular weight excluding hydrogens is 275 g/mol. The molecule has 9 heteroatoms. The summed E-state index contributed by atoms with van der Waals surface area (Å²) in [6.07, 6.45) is -5.95. The molecule has 1 heterocycles. The number of alkyl halides is 3. The number of nitrogens with zero attached hydrogens (tertiary/aromatic N) is 1. The van der Waals surface area contributed by atoms with Crippen LogP contribution in [0.2, 0.25) is 0 Å². The van der Waals surface area contributed by atoms with Crippen LogP contribution in [-0.2, 0) is 14.8 Å². The maximum atomic E-state index is 11.9. The molecule has 5 nitrogen and oxygen atoms in total. The van der Waals surface area contributed by atoms with E-state index in [0.29, 0.717) is 0 Å². The Morgan fingerprint density at radius 3 is 2.61 bits per heavy atom. The molecule has 0 bridgehead atoms. The minimum absolute atomic E-state index is 0.0645. The molecule has 1 unspecified atom stereocenters. The Morgan fingerprint density at radius 2 is 2.06 bits per heavy atom. The van der Waals surface area contributed by atoms with E-state index in [4.69, 9.17) is 9.84 Å². The predicted octanol–water partition coefficient (Wildman–Crippen LogP) is 0.352. The van der Waals surface area contributed by atoms with Gasteiger partial charge in [0.15, 0.2) is 0 Å². The molecule has 0 aliphatic carbocycles. The van der Waals surface area contributed by atoms with Gasteiger partial charge in [0.05, 0.1) is 31.6 Å². The highest BCUT2D eigenvalue weighted by Gasteiger charge is 2.33. The van der Waals surface area contributed by atoms with Crippen LogP contribution in [0, 0.1) is 0 Å². The summed E-state index contributed by atoms with van der Waals surface area (Å²) in [7, 11) is -3.77. The van der Waals surface area contributed by atoms with Crippen molar-refractivity contribution in [3.63, 3.8) is 0 Å². The molecule has 0 spiro atoms. The Kier molecular flexibility index (Phi) is 5.38. The van der Waals surface area contributed by atoms with Crippen molar-refractivity contribution < 1.29 is 31.4 Å². The Bertz CT molecular complexity index is 357. The van der Waals surface area contributed by atoms with E-state index in [2.05, 4.69) is 0 Å². The minimum Gasteiger partial charge on any atom is -0.395 e. The first-order chi connectivity index (χ1) is 8.26. The van der Waals surface area contributed by atoms with Crippen LogP contribution in [0.1, 0.15) is 12.8 Å². The lowest BCUT2D eigenvalue weighted by molar-refractivity contribution is -0.134. The fraction of sp³-hybridized carbons (Fsp3) is 1.00. The summed E-state index contributed by atoms with van der Waals surface area (Å²) in [6.45, 7) is -0.0813. The molecule has 1 saturated heterocycles. The third kappa shape index (κ3) is 4.71. The van der Waals surface area contributed by atoms with Crippen LogP contribution in [0.25, 0.3) is 0 Å². The lowest BCUT2D eigenvalue weighted by Crippen LogP contribution is -2.51. The van der Waals surface area contributed by atoms with Gasteiger partial charge in [0.2, 0.25) is 10.0 Å². The average Bonchev–Trinajstić information content (AvgIpc) is 2.27. The van der Waals surface area contributed by atoms with Gasteiger partial charge in [0.25, 0.3) is 0 Å². The molecular formula is C9H16F3NO4S. The van der Waals surface area contributed by atoms with Crippen LogP contribution in [-0.4, -0.2) is 62.2 Å². The molecule has 1 aliphatic heterocycles. The third-order valence-electron chi connectivity index (χ3n) is 2.60. The van der Waals surface area contributed by atoms with Crippen molar-refractivity contribution in [3.05, 3.63) is 0 Å². The highest BCUT2D eigenvalue weighted by atomic mass is 32.2. The molecule has 1 rings (SSSR count). The summed E-state index contributed by atoms with van der Waals surface area (Å²) in [5, 5.41) is 9.01. The van der Waals surface area contributed by atoms with Gasteiger partial charge in [-0.3, -0.25) is 0 Å². The maximum Gasteiger partial charge on any atom is 0.389 e. The number of rotatable bonds is 5. The van der Waals surface area contributed by atoms with Gasteiger partial charge < -0.3 is 9.84 Å². The molecule has 1 N–H and O–H groups in total. The van der Waals surface area contributed by atoms with Crippen molar-refractivity contribution in [2.45, 2.75) is 25.1 Å². The largest absolute Gasteiger partial charge is 0.395 e. The first-order valence-corrected chi connectivity index (χ1v) is 7.12. The van der Waals surface area contributed by atoms with Gasteiger partial charge in [0, 0.05) is 13.0 Å². The van der Waals surface area contributed by atoms with E-state index in [0.717, 1.165) is 4.31 Å². The molecule has 0 aromatic carbocycles. The molecule has 0 aromatic rings. The molecule has 0 radical (unpaired) electrons. The minimum atomic E-state index is -4.35. The van der Waals surface area contributed by atoms with Crippen molar-refractivity contribution >= 4 is 10.0 Å². The number of halogens is 3. The first-order valence-electron chi connectivity index (χ1n) is 5.51. The number of aliphatic hydroxyl groups excluding tert-OH is 1. The average molecular weight is 291 g/mol. The normalized spacial score (nSPS) is 23.2. The third-order valence-corrected chi connectivity index (χ3v) is 4.60.